The van der Waals surface area contributed by atoms with E-state index in [2.05, 4.69) is 10.3 Å². The number of fused-ring (bicyclic) bond motifs is 1. The minimum atomic E-state index is -0.268. The van der Waals surface area contributed by atoms with Gasteiger partial charge in [0, 0.05) is 11.4 Å². The maximum absolute atomic E-state index is 11.8. The van der Waals surface area contributed by atoms with Crippen LogP contribution in [0.1, 0.15) is 17.4 Å². The first-order valence-corrected chi connectivity index (χ1v) is 5.48. The molecule has 88 valence electrons. The van der Waals surface area contributed by atoms with Crippen molar-refractivity contribution in [3.05, 3.63) is 42.1 Å². The lowest BCUT2D eigenvalue weighted by molar-refractivity contribution is 0.0917. The standard InChI is InChI=1S/C13H14N2O2/c1-9(8-16)14-13(17)12-7-6-10-4-2-3-5-11(10)15-12/h2-7,9,16H,8H2,1H3,(H,14,17). The first-order valence-electron chi connectivity index (χ1n) is 5.48. The quantitative estimate of drug-likeness (QED) is 0.836. The fourth-order valence-electron chi connectivity index (χ4n) is 1.54. The molecule has 2 rings (SSSR count). The Hall–Kier alpha value is -1.94. The summed E-state index contributed by atoms with van der Waals surface area (Å²) in [5, 5.41) is 12.5. The molecule has 0 aliphatic heterocycles. The van der Waals surface area contributed by atoms with Gasteiger partial charge in [-0.25, -0.2) is 4.98 Å². The predicted molar refractivity (Wildman–Crippen MR) is 65.8 cm³/mol. The molecule has 2 aromatic rings. The molecule has 17 heavy (non-hydrogen) atoms. The van der Waals surface area contributed by atoms with Crippen LogP contribution in [0.5, 0.6) is 0 Å². The fraction of sp³-hybridized carbons (Fsp3) is 0.231. The summed E-state index contributed by atoms with van der Waals surface area (Å²) in [5.74, 6) is -0.266. The number of pyridine rings is 1. The fourth-order valence-corrected chi connectivity index (χ4v) is 1.54. The maximum atomic E-state index is 11.8. The largest absolute Gasteiger partial charge is 0.394 e. The van der Waals surface area contributed by atoms with E-state index >= 15 is 0 Å². The first-order chi connectivity index (χ1) is 8.20. The number of benzene rings is 1. The minimum absolute atomic E-state index is 0.0840. The Bertz CT molecular complexity index is 540. The number of aromatic nitrogens is 1. The van der Waals surface area contributed by atoms with Gasteiger partial charge in [0.15, 0.2) is 0 Å². The number of rotatable bonds is 3. The molecular weight excluding hydrogens is 216 g/mol. The van der Waals surface area contributed by atoms with Gasteiger partial charge in [0.05, 0.1) is 12.1 Å². The summed E-state index contributed by atoms with van der Waals surface area (Å²) in [7, 11) is 0. The third-order valence-electron chi connectivity index (χ3n) is 2.48. The number of carbonyl (C=O) groups excluding carboxylic acids is 1. The summed E-state index contributed by atoms with van der Waals surface area (Å²) in [4.78, 5) is 16.0. The van der Waals surface area contributed by atoms with Gasteiger partial charge in [0.2, 0.25) is 0 Å². The number of amides is 1. The van der Waals surface area contributed by atoms with Crippen molar-refractivity contribution in [1.29, 1.82) is 0 Å². The SMILES string of the molecule is CC(CO)NC(=O)c1ccc2ccccc2n1. The van der Waals surface area contributed by atoms with E-state index < -0.39 is 0 Å². The van der Waals surface area contributed by atoms with Gasteiger partial charge in [-0.15, -0.1) is 0 Å². The Morgan fingerprint density at radius 3 is 2.88 bits per heavy atom. The molecule has 2 N–H and O–H groups in total. The Labute approximate surface area is 99.3 Å². The van der Waals surface area contributed by atoms with Gasteiger partial charge in [-0.2, -0.15) is 0 Å². The normalized spacial score (nSPS) is 12.4. The average molecular weight is 230 g/mol. The maximum Gasteiger partial charge on any atom is 0.270 e. The molecule has 1 aromatic heterocycles. The molecule has 0 bridgehead atoms. The lowest BCUT2D eigenvalue weighted by Gasteiger charge is -2.10. The molecule has 0 fully saturated rings. The van der Waals surface area contributed by atoms with Gasteiger partial charge in [0.1, 0.15) is 5.69 Å². The van der Waals surface area contributed by atoms with E-state index in [4.69, 9.17) is 5.11 Å². The second-order valence-electron chi connectivity index (χ2n) is 3.95. The number of hydrogen-bond acceptors (Lipinski definition) is 3. The molecule has 0 spiro atoms. The number of aliphatic hydroxyl groups is 1. The van der Waals surface area contributed by atoms with E-state index in [0.29, 0.717) is 5.69 Å². The number of hydrogen-bond donors (Lipinski definition) is 2. The molecule has 1 unspecified atom stereocenters. The summed E-state index contributed by atoms with van der Waals surface area (Å²) < 4.78 is 0. The van der Waals surface area contributed by atoms with Gasteiger partial charge in [-0.3, -0.25) is 4.79 Å². The number of carbonyl (C=O) groups is 1. The molecular formula is C13H14N2O2. The second-order valence-corrected chi connectivity index (χ2v) is 3.95. The molecule has 4 nitrogen and oxygen atoms in total. The smallest absolute Gasteiger partial charge is 0.270 e. The topological polar surface area (TPSA) is 62.2 Å². The van der Waals surface area contributed by atoms with Crippen LogP contribution in [0.2, 0.25) is 0 Å². The van der Waals surface area contributed by atoms with Crippen LogP contribution in [0.3, 0.4) is 0 Å². The molecule has 1 amide bonds. The van der Waals surface area contributed by atoms with Gasteiger partial charge >= 0.3 is 0 Å². The Kier molecular flexibility index (Phi) is 3.35. The Balaban J connectivity index is 2.27. The van der Waals surface area contributed by atoms with Crippen molar-refractivity contribution in [2.24, 2.45) is 0 Å². The number of para-hydroxylation sites is 1. The summed E-state index contributed by atoms with van der Waals surface area (Å²) >= 11 is 0. The predicted octanol–water partition coefficient (Wildman–Crippen LogP) is 1.35. The lowest BCUT2D eigenvalue weighted by atomic mass is 10.2. The molecule has 0 aliphatic rings. The molecule has 1 aromatic carbocycles. The van der Waals surface area contributed by atoms with E-state index in [-0.39, 0.29) is 18.6 Å². The van der Waals surface area contributed by atoms with Crippen molar-refractivity contribution in [1.82, 2.24) is 10.3 Å². The zero-order chi connectivity index (χ0) is 12.3. The van der Waals surface area contributed by atoms with Crippen LogP contribution in [0.15, 0.2) is 36.4 Å². The van der Waals surface area contributed by atoms with Crippen molar-refractivity contribution in [3.8, 4) is 0 Å². The van der Waals surface area contributed by atoms with Crippen LogP contribution in [-0.2, 0) is 0 Å². The molecule has 0 saturated heterocycles. The molecule has 1 heterocycles. The zero-order valence-corrected chi connectivity index (χ0v) is 9.55. The van der Waals surface area contributed by atoms with Crippen molar-refractivity contribution in [2.45, 2.75) is 13.0 Å². The number of nitrogens with zero attached hydrogens (tertiary/aromatic N) is 1. The molecule has 4 heteroatoms. The van der Waals surface area contributed by atoms with Crippen molar-refractivity contribution >= 4 is 16.8 Å². The van der Waals surface area contributed by atoms with E-state index in [1.165, 1.54) is 0 Å². The third kappa shape index (κ3) is 2.60. The van der Waals surface area contributed by atoms with Gasteiger partial charge < -0.3 is 10.4 Å². The van der Waals surface area contributed by atoms with Crippen LogP contribution < -0.4 is 5.32 Å². The highest BCUT2D eigenvalue weighted by Gasteiger charge is 2.10. The van der Waals surface area contributed by atoms with Crippen LogP contribution in [-0.4, -0.2) is 28.6 Å². The van der Waals surface area contributed by atoms with Crippen LogP contribution in [0, 0.1) is 0 Å². The van der Waals surface area contributed by atoms with Crippen molar-refractivity contribution in [3.63, 3.8) is 0 Å². The highest BCUT2D eigenvalue weighted by Crippen LogP contribution is 2.11. The zero-order valence-electron chi connectivity index (χ0n) is 9.55. The summed E-state index contributed by atoms with van der Waals surface area (Å²) in [6, 6.07) is 10.9. The summed E-state index contributed by atoms with van der Waals surface area (Å²) in [5.41, 5.74) is 1.15. The van der Waals surface area contributed by atoms with E-state index in [1.807, 2.05) is 30.3 Å². The molecule has 0 radical (unpaired) electrons. The average Bonchev–Trinajstić information content (AvgIpc) is 2.38. The third-order valence-corrected chi connectivity index (χ3v) is 2.48. The van der Waals surface area contributed by atoms with E-state index in [0.717, 1.165) is 10.9 Å². The van der Waals surface area contributed by atoms with Crippen LogP contribution >= 0.6 is 0 Å². The molecule has 0 saturated carbocycles. The second kappa shape index (κ2) is 4.93. The highest BCUT2D eigenvalue weighted by atomic mass is 16.3. The molecule has 1 atom stereocenters. The van der Waals surface area contributed by atoms with Crippen molar-refractivity contribution < 1.29 is 9.90 Å². The summed E-state index contributed by atoms with van der Waals surface area (Å²) in [6.07, 6.45) is 0. The number of aliphatic hydroxyl groups excluding tert-OH is 1. The van der Waals surface area contributed by atoms with E-state index in [1.54, 1.807) is 13.0 Å². The molecule has 0 aliphatic carbocycles. The van der Waals surface area contributed by atoms with Crippen LogP contribution in [0.4, 0.5) is 0 Å². The monoisotopic (exact) mass is 230 g/mol. The van der Waals surface area contributed by atoms with Gasteiger partial charge in [0.25, 0.3) is 5.91 Å². The first kappa shape index (κ1) is 11.5. The Morgan fingerprint density at radius 2 is 2.12 bits per heavy atom. The van der Waals surface area contributed by atoms with Crippen molar-refractivity contribution in [2.75, 3.05) is 6.61 Å². The van der Waals surface area contributed by atoms with Gasteiger partial charge in [-0.1, -0.05) is 24.3 Å². The van der Waals surface area contributed by atoms with Crippen LogP contribution in [0.25, 0.3) is 10.9 Å². The minimum Gasteiger partial charge on any atom is -0.394 e. The summed E-state index contributed by atoms with van der Waals surface area (Å²) in [6.45, 7) is 1.65. The lowest BCUT2D eigenvalue weighted by Crippen LogP contribution is -2.35. The van der Waals surface area contributed by atoms with Gasteiger partial charge in [-0.05, 0) is 19.1 Å². The van der Waals surface area contributed by atoms with E-state index in [9.17, 15) is 4.79 Å². The Morgan fingerprint density at radius 1 is 1.35 bits per heavy atom. The number of nitrogens with one attached hydrogen (secondary N) is 1. The highest BCUT2D eigenvalue weighted by molar-refractivity contribution is 5.95.